The molecule has 0 bridgehead atoms. The summed E-state index contributed by atoms with van der Waals surface area (Å²) in [6.45, 7) is 10.3. The molecule has 10 nitrogen and oxygen atoms in total. The molecule has 10 heteroatoms. The van der Waals surface area contributed by atoms with Gasteiger partial charge in [0.1, 0.15) is 5.75 Å². The lowest BCUT2D eigenvalue weighted by atomic mass is 9.90. The predicted octanol–water partition coefficient (Wildman–Crippen LogP) is 27.4. The number of rotatable bonds is 14. The van der Waals surface area contributed by atoms with Crippen LogP contribution in [0.5, 0.6) is 5.75 Å². The largest absolute Gasteiger partial charge is 0.497 e. The molecule has 0 radical (unpaired) electrons. The number of aromatic nitrogens is 4. The second kappa shape index (κ2) is 28.8. The molecule has 4 aromatic heterocycles. The average molecular weight is 1480 g/mol. The van der Waals surface area contributed by atoms with Gasteiger partial charge >= 0.3 is 0 Å². The first-order chi connectivity index (χ1) is 56.8. The zero-order chi connectivity index (χ0) is 77.2. The van der Waals surface area contributed by atoms with Gasteiger partial charge in [0.15, 0.2) is 5.69 Å². The van der Waals surface area contributed by atoms with E-state index in [1.807, 2.05) is 42.5 Å². The van der Waals surface area contributed by atoms with E-state index in [1.165, 1.54) is 16.3 Å². The van der Waals surface area contributed by atoms with Gasteiger partial charge in [-0.15, -0.1) is 0 Å². The van der Waals surface area contributed by atoms with Gasteiger partial charge in [0.25, 0.3) is 0 Å². The molecular formula is C105H72N8O2. The third kappa shape index (κ3) is 11.6. The minimum Gasteiger partial charge on any atom is -0.497 e. The molecule has 0 saturated heterocycles. The number of methoxy groups -OCH3 is 1. The molecule has 1 N–H and O–H groups in total. The summed E-state index contributed by atoms with van der Waals surface area (Å²) in [6, 6.07) is 136. The quantitative estimate of drug-likeness (QED) is 0.110. The van der Waals surface area contributed by atoms with Crippen LogP contribution in [0.3, 0.4) is 0 Å². The van der Waals surface area contributed by atoms with Gasteiger partial charge in [-0.25, -0.2) is 4.85 Å². The number of ether oxygens (including phenoxy) is 1. The molecule has 0 fully saturated rings. The Morgan fingerprint density at radius 1 is 0.365 bits per heavy atom. The van der Waals surface area contributed by atoms with Crippen molar-refractivity contribution in [2.24, 2.45) is 0 Å². The lowest BCUT2D eigenvalue weighted by Crippen LogP contribution is -2.10. The Morgan fingerprint density at radius 3 is 1.38 bits per heavy atom. The topological polar surface area (TPSA) is 83.8 Å². The van der Waals surface area contributed by atoms with Crippen LogP contribution in [-0.2, 0) is 6.61 Å². The molecule has 0 atom stereocenters. The highest BCUT2D eigenvalue weighted by Gasteiger charge is 2.30. The van der Waals surface area contributed by atoms with Crippen LogP contribution in [0.2, 0.25) is 0 Å². The molecule has 0 aliphatic carbocycles. The minimum absolute atomic E-state index is 0.0484. The summed E-state index contributed by atoms with van der Waals surface area (Å²) in [4.78, 5) is 8.58. The summed E-state index contributed by atoms with van der Waals surface area (Å²) < 4.78 is 15.4. The Balaban J connectivity index is 0.000000149. The van der Waals surface area contributed by atoms with Gasteiger partial charge in [0.2, 0.25) is 0 Å². The summed E-state index contributed by atoms with van der Waals surface area (Å²) in [7, 11) is 1.73. The number of nitrogens with zero attached hydrogens (tertiary/aromatic N) is 8. The molecular weight excluding hydrogens is 1410 g/mol. The Labute approximate surface area is 664 Å². The molecule has 0 saturated carbocycles. The van der Waals surface area contributed by atoms with Crippen LogP contribution in [0.4, 0.5) is 39.8 Å². The number of fused-ring (bicyclic) bond motifs is 15. The first-order valence-corrected chi connectivity index (χ1v) is 38.6. The number of aliphatic hydroxyl groups excluding tert-OH is 1. The highest BCUT2D eigenvalue weighted by atomic mass is 16.5. The highest BCUT2D eigenvalue weighted by molar-refractivity contribution is 6.31. The highest BCUT2D eigenvalue weighted by Crippen LogP contribution is 2.53. The van der Waals surface area contributed by atoms with Crippen molar-refractivity contribution in [3.8, 4) is 56.8 Å². The number of nitriles is 1. The zero-order valence-corrected chi connectivity index (χ0v) is 63.0. The first-order valence-electron chi connectivity index (χ1n) is 38.6. The number of para-hydroxylation sites is 7. The van der Waals surface area contributed by atoms with Gasteiger partial charge in [-0.1, -0.05) is 200 Å². The number of aliphatic hydroxyl groups is 1. The van der Waals surface area contributed by atoms with E-state index in [4.69, 9.17) is 11.3 Å². The molecule has 17 aromatic carbocycles. The number of benzene rings is 17. The summed E-state index contributed by atoms with van der Waals surface area (Å²) >= 11 is 0. The standard InChI is InChI=1S/C54H33N5.C51H39N3O2/c1-56-39-28-30-51-48(33-39)52-45(38-17-13-24-43(32-38)57(40-18-5-2-6-19-40)49-26-14-16-37-15-11-12-25-44(37)49)34-47-46-31-36(35-55)27-29-50(46)58(41-20-7-3-8-21-41)53(47)54(52)59(51)42-22-9-4-10-23-42;1-34-47(36-16-15-25-41(31-36)52(37-17-7-3-8-18-37)38-19-9-4-10-20-38)49-43-30-35(33-55)26-28-45(43)54(40-23-13-6-14-24-40)51(49)50-48(34)44-32-42(56-2)27-29-46(44)53(50)39-21-11-5-12-22-39/h2-34H;3-32,55H,33H2,1-2H3. The maximum Gasteiger partial charge on any atom is 0.188 e. The second-order valence-electron chi connectivity index (χ2n) is 29.0. The van der Waals surface area contributed by atoms with E-state index in [1.54, 1.807) is 7.11 Å². The van der Waals surface area contributed by atoms with Crippen LogP contribution in [0.1, 0.15) is 16.7 Å². The van der Waals surface area contributed by atoms with Crippen LogP contribution in [0.15, 0.2) is 382 Å². The summed E-state index contributed by atoms with van der Waals surface area (Å²) in [5.41, 5.74) is 26.6. The minimum atomic E-state index is -0.0484. The van der Waals surface area contributed by atoms with Crippen molar-refractivity contribution in [1.29, 1.82) is 5.26 Å². The lowest BCUT2D eigenvalue weighted by Gasteiger charge is -2.27. The molecule has 0 amide bonds. The van der Waals surface area contributed by atoms with E-state index in [9.17, 15) is 10.4 Å². The van der Waals surface area contributed by atoms with Crippen LogP contribution in [0.25, 0.3) is 148 Å². The second-order valence-corrected chi connectivity index (χ2v) is 29.0. The summed E-state index contributed by atoms with van der Waals surface area (Å²) in [6.07, 6.45) is 0. The van der Waals surface area contributed by atoms with E-state index in [0.717, 1.165) is 178 Å². The van der Waals surface area contributed by atoms with E-state index in [0.29, 0.717) is 11.3 Å². The van der Waals surface area contributed by atoms with Crippen molar-refractivity contribution in [1.82, 2.24) is 18.3 Å². The maximum absolute atomic E-state index is 10.5. The van der Waals surface area contributed by atoms with E-state index < -0.39 is 0 Å². The third-order valence-electron chi connectivity index (χ3n) is 22.5. The molecule has 0 unspecified atom stereocenters. The van der Waals surface area contributed by atoms with Crippen molar-refractivity contribution >= 4 is 138 Å². The van der Waals surface area contributed by atoms with Gasteiger partial charge in [0, 0.05) is 94.3 Å². The fraction of sp³-hybridized carbons (Fsp3) is 0.0286. The third-order valence-corrected chi connectivity index (χ3v) is 22.5. The van der Waals surface area contributed by atoms with E-state index in [2.05, 4.69) is 386 Å². The first kappa shape index (κ1) is 68.8. The van der Waals surface area contributed by atoms with Gasteiger partial charge in [-0.05, 0) is 233 Å². The van der Waals surface area contributed by atoms with E-state index in [-0.39, 0.29) is 6.61 Å². The SMILES string of the molecule is COc1ccc2c(c1)c1c(C)c(-c3cccc(N(c4ccccc4)c4ccccc4)c3)c3c4cc(CO)ccc4n(-c4ccccc4)c3c1n2-c1ccccc1.[C-]#[N+]c1ccc2c(c1)c1c(-c3cccc(N(c4ccccc4)c4cccc5ccccc45)c3)cc3c4cc(C#N)ccc4n(-c4ccccc4)c3c1n2-c1ccccc1. The monoisotopic (exact) mass is 1480 g/mol. The van der Waals surface area contributed by atoms with Gasteiger partial charge in [-0.3, -0.25) is 0 Å². The Hall–Kier alpha value is -15.5. The average Bonchev–Trinajstić information content (AvgIpc) is 1.53. The molecule has 0 aliphatic rings. The lowest BCUT2D eigenvalue weighted by molar-refractivity contribution is 0.282. The van der Waals surface area contributed by atoms with Crippen molar-refractivity contribution in [3.63, 3.8) is 0 Å². The van der Waals surface area contributed by atoms with Gasteiger partial charge < -0.3 is 37.9 Å². The van der Waals surface area contributed by atoms with Crippen molar-refractivity contribution in [2.45, 2.75) is 13.5 Å². The number of hydrogen-bond donors (Lipinski definition) is 1. The Kier molecular flexibility index (Phi) is 17.2. The Morgan fingerprint density at radius 2 is 0.809 bits per heavy atom. The smallest absolute Gasteiger partial charge is 0.188 e. The molecule has 544 valence electrons. The fourth-order valence-electron chi connectivity index (χ4n) is 17.6. The predicted molar refractivity (Wildman–Crippen MR) is 476 cm³/mol. The van der Waals surface area contributed by atoms with Crippen molar-refractivity contribution in [3.05, 3.63) is 410 Å². The number of aryl methyl sites for hydroxylation is 1. The molecule has 4 heterocycles. The molecule has 21 aromatic rings. The Bertz CT molecular complexity index is 7400. The van der Waals surface area contributed by atoms with Gasteiger partial charge in [-0.2, -0.15) is 5.26 Å². The summed E-state index contributed by atoms with van der Waals surface area (Å²) in [5.74, 6) is 0.810. The van der Waals surface area contributed by atoms with Crippen LogP contribution in [0, 0.1) is 24.8 Å². The normalized spacial score (nSPS) is 11.5. The van der Waals surface area contributed by atoms with Crippen LogP contribution in [-0.4, -0.2) is 30.5 Å². The molecule has 0 aliphatic heterocycles. The van der Waals surface area contributed by atoms with Crippen LogP contribution < -0.4 is 14.5 Å². The van der Waals surface area contributed by atoms with Gasteiger partial charge in [0.05, 0.1) is 81.7 Å². The maximum atomic E-state index is 10.5. The number of hydrogen-bond acceptors (Lipinski definition) is 5. The zero-order valence-electron chi connectivity index (χ0n) is 63.0. The fourth-order valence-corrected chi connectivity index (χ4v) is 17.6. The molecule has 21 rings (SSSR count). The molecule has 0 spiro atoms. The van der Waals surface area contributed by atoms with Crippen molar-refractivity contribution in [2.75, 3.05) is 16.9 Å². The van der Waals surface area contributed by atoms with Crippen molar-refractivity contribution < 1.29 is 9.84 Å². The van der Waals surface area contributed by atoms with E-state index >= 15 is 0 Å². The molecule has 115 heavy (non-hydrogen) atoms. The summed E-state index contributed by atoms with van der Waals surface area (Å²) in [5, 5.41) is 31.6. The van der Waals surface area contributed by atoms with Crippen LogP contribution >= 0.6 is 0 Å². The number of anilines is 6.